The zero-order chi connectivity index (χ0) is 13.1. The summed E-state index contributed by atoms with van der Waals surface area (Å²) in [6.45, 7) is 2.40. The molecule has 0 atom stereocenters. The van der Waals surface area contributed by atoms with Crippen molar-refractivity contribution in [2.75, 3.05) is 33.0 Å². The van der Waals surface area contributed by atoms with Crippen molar-refractivity contribution in [2.45, 2.75) is 44.6 Å². The molecule has 0 saturated heterocycles. The lowest BCUT2D eigenvalue weighted by Gasteiger charge is -2.21. The Labute approximate surface area is 108 Å². The highest BCUT2D eigenvalue weighted by molar-refractivity contribution is 5.66. The SMILES string of the molecule is O=C(O)CCOCCOCCOC1CCCCC1. The largest absolute Gasteiger partial charge is 0.481 e. The maximum atomic E-state index is 10.2. The molecule has 1 fully saturated rings. The molecule has 0 bridgehead atoms. The fraction of sp³-hybridized carbons (Fsp3) is 0.923. The minimum atomic E-state index is -0.836. The Morgan fingerprint density at radius 1 is 0.944 bits per heavy atom. The van der Waals surface area contributed by atoms with E-state index in [1.54, 1.807) is 0 Å². The van der Waals surface area contributed by atoms with Crippen molar-refractivity contribution in [3.63, 3.8) is 0 Å². The molecular weight excluding hydrogens is 236 g/mol. The molecule has 1 N–H and O–H groups in total. The lowest BCUT2D eigenvalue weighted by molar-refractivity contribution is -0.138. The second kappa shape index (κ2) is 10.3. The highest BCUT2D eigenvalue weighted by atomic mass is 16.5. The Bertz CT molecular complexity index is 213. The van der Waals surface area contributed by atoms with Crippen molar-refractivity contribution in [3.05, 3.63) is 0 Å². The average Bonchev–Trinajstić information content (AvgIpc) is 2.37. The van der Waals surface area contributed by atoms with E-state index in [-0.39, 0.29) is 13.0 Å². The van der Waals surface area contributed by atoms with Gasteiger partial charge in [-0.05, 0) is 12.8 Å². The molecule has 18 heavy (non-hydrogen) atoms. The van der Waals surface area contributed by atoms with E-state index in [0.717, 1.165) is 0 Å². The third-order valence-corrected chi connectivity index (χ3v) is 2.97. The van der Waals surface area contributed by atoms with Crippen molar-refractivity contribution < 1.29 is 24.1 Å². The molecule has 5 nitrogen and oxygen atoms in total. The first-order valence-corrected chi connectivity index (χ1v) is 6.78. The molecular formula is C13H24O5. The second-order valence-corrected chi connectivity index (χ2v) is 4.50. The predicted molar refractivity (Wildman–Crippen MR) is 66.7 cm³/mol. The Morgan fingerprint density at radius 3 is 2.22 bits per heavy atom. The smallest absolute Gasteiger partial charge is 0.305 e. The van der Waals surface area contributed by atoms with Gasteiger partial charge < -0.3 is 19.3 Å². The second-order valence-electron chi connectivity index (χ2n) is 4.50. The van der Waals surface area contributed by atoms with Gasteiger partial charge in [0.05, 0.1) is 45.6 Å². The van der Waals surface area contributed by atoms with Crippen LogP contribution >= 0.6 is 0 Å². The molecule has 0 aromatic carbocycles. The number of rotatable bonds is 10. The minimum Gasteiger partial charge on any atom is -0.481 e. The Balaban J connectivity index is 1.76. The number of carboxylic acids is 1. The number of carbonyl (C=O) groups is 1. The van der Waals surface area contributed by atoms with Crippen molar-refractivity contribution in [1.29, 1.82) is 0 Å². The van der Waals surface area contributed by atoms with Crippen LogP contribution in [0.15, 0.2) is 0 Å². The van der Waals surface area contributed by atoms with Crippen LogP contribution in [0.5, 0.6) is 0 Å². The van der Waals surface area contributed by atoms with Gasteiger partial charge in [0, 0.05) is 0 Å². The average molecular weight is 260 g/mol. The maximum absolute atomic E-state index is 10.2. The number of hydrogen-bond acceptors (Lipinski definition) is 4. The molecule has 1 saturated carbocycles. The maximum Gasteiger partial charge on any atom is 0.305 e. The molecule has 0 spiro atoms. The fourth-order valence-electron chi connectivity index (χ4n) is 1.99. The van der Waals surface area contributed by atoms with E-state index in [1.165, 1.54) is 32.1 Å². The first kappa shape index (κ1) is 15.4. The van der Waals surface area contributed by atoms with Gasteiger partial charge in [0.2, 0.25) is 0 Å². The van der Waals surface area contributed by atoms with Gasteiger partial charge in [-0.15, -0.1) is 0 Å². The molecule has 0 aromatic heterocycles. The lowest BCUT2D eigenvalue weighted by atomic mass is 9.98. The van der Waals surface area contributed by atoms with E-state index >= 15 is 0 Å². The summed E-state index contributed by atoms with van der Waals surface area (Å²) >= 11 is 0. The van der Waals surface area contributed by atoms with Gasteiger partial charge in [0.15, 0.2) is 0 Å². The first-order valence-electron chi connectivity index (χ1n) is 6.78. The zero-order valence-corrected chi connectivity index (χ0v) is 10.9. The summed E-state index contributed by atoms with van der Waals surface area (Å²) in [6.07, 6.45) is 6.73. The Morgan fingerprint density at radius 2 is 1.56 bits per heavy atom. The zero-order valence-electron chi connectivity index (χ0n) is 10.9. The van der Waals surface area contributed by atoms with Crippen molar-refractivity contribution in [2.24, 2.45) is 0 Å². The van der Waals surface area contributed by atoms with E-state index < -0.39 is 5.97 Å². The van der Waals surface area contributed by atoms with Crippen LogP contribution in [0, 0.1) is 0 Å². The summed E-state index contributed by atoms with van der Waals surface area (Å²) in [4.78, 5) is 10.2. The van der Waals surface area contributed by atoms with Crippen molar-refractivity contribution in [3.8, 4) is 0 Å². The van der Waals surface area contributed by atoms with Crippen LogP contribution in [0.3, 0.4) is 0 Å². The summed E-state index contributed by atoms with van der Waals surface area (Å²) in [5, 5.41) is 8.38. The highest BCUT2D eigenvalue weighted by Gasteiger charge is 2.12. The van der Waals surface area contributed by atoms with Crippen molar-refractivity contribution in [1.82, 2.24) is 0 Å². The summed E-state index contributed by atoms with van der Waals surface area (Å²) in [5.74, 6) is -0.836. The third-order valence-electron chi connectivity index (χ3n) is 2.97. The van der Waals surface area contributed by atoms with Gasteiger partial charge in [0.1, 0.15) is 0 Å². The van der Waals surface area contributed by atoms with Crippen LogP contribution < -0.4 is 0 Å². The van der Waals surface area contributed by atoms with E-state index in [9.17, 15) is 4.79 Å². The van der Waals surface area contributed by atoms with Crippen LogP contribution in [0.2, 0.25) is 0 Å². The molecule has 1 aliphatic rings. The van der Waals surface area contributed by atoms with Crippen LogP contribution in [0.4, 0.5) is 0 Å². The van der Waals surface area contributed by atoms with Gasteiger partial charge in [-0.1, -0.05) is 19.3 Å². The Kier molecular flexibility index (Phi) is 8.81. The summed E-state index contributed by atoms with van der Waals surface area (Å²) in [5.41, 5.74) is 0. The standard InChI is InChI=1S/C13H24O5/c14-13(15)6-7-16-8-9-17-10-11-18-12-4-2-1-3-5-12/h12H,1-11H2,(H,14,15). The molecule has 5 heteroatoms. The Hall–Kier alpha value is -0.650. The van der Waals surface area contributed by atoms with Crippen LogP contribution in [-0.2, 0) is 19.0 Å². The summed E-state index contributed by atoms with van der Waals surface area (Å²) in [6, 6.07) is 0. The monoisotopic (exact) mass is 260 g/mol. The third kappa shape index (κ3) is 8.44. The molecule has 0 aliphatic heterocycles. The number of ether oxygens (including phenoxy) is 3. The quantitative estimate of drug-likeness (QED) is 0.607. The molecule has 0 radical (unpaired) electrons. The molecule has 0 aromatic rings. The fourth-order valence-corrected chi connectivity index (χ4v) is 1.99. The van der Waals surface area contributed by atoms with Gasteiger partial charge >= 0.3 is 5.97 Å². The van der Waals surface area contributed by atoms with Gasteiger partial charge in [-0.3, -0.25) is 4.79 Å². The van der Waals surface area contributed by atoms with Crippen LogP contribution in [-0.4, -0.2) is 50.2 Å². The first-order chi connectivity index (χ1) is 8.79. The lowest BCUT2D eigenvalue weighted by Crippen LogP contribution is -2.19. The molecule has 0 heterocycles. The van der Waals surface area contributed by atoms with Gasteiger partial charge in [0.25, 0.3) is 0 Å². The molecule has 1 rings (SSSR count). The predicted octanol–water partition coefficient (Wildman–Crippen LogP) is 1.84. The summed E-state index contributed by atoms with van der Waals surface area (Å²) in [7, 11) is 0. The summed E-state index contributed by atoms with van der Waals surface area (Å²) < 4.78 is 16.1. The van der Waals surface area contributed by atoms with Crippen LogP contribution in [0.25, 0.3) is 0 Å². The number of carboxylic acid groups (broad SMARTS) is 1. The van der Waals surface area contributed by atoms with Gasteiger partial charge in [-0.25, -0.2) is 0 Å². The van der Waals surface area contributed by atoms with Crippen molar-refractivity contribution >= 4 is 5.97 Å². The topological polar surface area (TPSA) is 65.0 Å². The normalized spacial score (nSPS) is 16.9. The molecule has 0 amide bonds. The van der Waals surface area contributed by atoms with E-state index in [1.807, 2.05) is 0 Å². The van der Waals surface area contributed by atoms with Gasteiger partial charge in [-0.2, -0.15) is 0 Å². The molecule has 1 aliphatic carbocycles. The van der Waals surface area contributed by atoms with E-state index in [2.05, 4.69) is 0 Å². The number of aliphatic carboxylic acids is 1. The van der Waals surface area contributed by atoms with E-state index in [0.29, 0.717) is 32.5 Å². The highest BCUT2D eigenvalue weighted by Crippen LogP contribution is 2.19. The number of hydrogen-bond donors (Lipinski definition) is 1. The molecule has 0 unspecified atom stereocenters. The minimum absolute atomic E-state index is 0.0464. The van der Waals surface area contributed by atoms with E-state index in [4.69, 9.17) is 19.3 Å². The molecule has 106 valence electrons. The van der Waals surface area contributed by atoms with Crippen LogP contribution in [0.1, 0.15) is 38.5 Å².